The molecule has 3 saturated heterocycles. The molecule has 0 amide bonds. The first kappa shape index (κ1) is 10.0. The van der Waals surface area contributed by atoms with Gasteiger partial charge in [-0.05, 0) is 0 Å². The predicted octanol–water partition coefficient (Wildman–Crippen LogP) is 0.950. The average Bonchev–Trinajstić information content (AvgIpc) is 1.69. The Morgan fingerprint density at radius 3 is 1.07 bits per heavy atom. The van der Waals surface area contributed by atoms with Crippen LogP contribution in [0.5, 0.6) is 0 Å². The molecule has 14 heavy (non-hydrogen) atoms. The molecular formula is C9H18N3PSe. The Labute approximate surface area is 93.8 Å². The van der Waals surface area contributed by atoms with E-state index in [-0.39, 0.29) is 0 Å². The molecule has 3 fully saturated rings. The minimum atomic E-state index is -1.11. The molecule has 3 rings (SSSR count). The Bertz CT molecular complexity index is 228. The third kappa shape index (κ3) is 1.32. The molecule has 0 aromatic carbocycles. The average molecular weight is 278 g/mol. The molecule has 0 atom stereocenters. The van der Waals surface area contributed by atoms with Crippen LogP contribution in [0.2, 0.25) is 0 Å². The van der Waals surface area contributed by atoms with Gasteiger partial charge in [0.05, 0.1) is 0 Å². The molecule has 0 spiro atoms. The number of hydrogen-bond donors (Lipinski definition) is 0. The third-order valence-corrected chi connectivity index (χ3v) is 11.4. The molecule has 0 aromatic rings. The van der Waals surface area contributed by atoms with Crippen LogP contribution in [0.15, 0.2) is 0 Å². The summed E-state index contributed by atoms with van der Waals surface area (Å²) in [7, 11) is 0. The molecular weight excluding hydrogens is 260 g/mol. The number of rotatable bonds is 3. The molecule has 0 N–H and O–H groups in total. The molecule has 0 aliphatic carbocycles. The molecule has 3 aliphatic rings. The zero-order valence-corrected chi connectivity index (χ0v) is 11.2. The van der Waals surface area contributed by atoms with E-state index in [9.17, 15) is 0 Å². The fourth-order valence-corrected chi connectivity index (χ4v) is 8.79. The molecule has 3 aliphatic heterocycles. The van der Waals surface area contributed by atoms with Crippen molar-refractivity contribution in [1.82, 2.24) is 14.0 Å². The second kappa shape index (κ2) is 3.69. The Morgan fingerprint density at radius 1 is 0.643 bits per heavy atom. The number of hydrogen-bond acceptors (Lipinski definition) is 3. The van der Waals surface area contributed by atoms with Crippen molar-refractivity contribution in [3.63, 3.8) is 0 Å². The summed E-state index contributed by atoms with van der Waals surface area (Å²) < 4.78 is 8.14. The van der Waals surface area contributed by atoms with Gasteiger partial charge in [0.25, 0.3) is 0 Å². The maximum absolute atomic E-state index is 3.59. The van der Waals surface area contributed by atoms with Crippen molar-refractivity contribution in [1.29, 1.82) is 0 Å². The zero-order chi connectivity index (χ0) is 9.60. The summed E-state index contributed by atoms with van der Waals surface area (Å²) in [5.41, 5.74) is 0. The van der Waals surface area contributed by atoms with Gasteiger partial charge in [-0.1, -0.05) is 0 Å². The van der Waals surface area contributed by atoms with Crippen LogP contribution in [-0.4, -0.2) is 68.4 Å². The molecule has 0 unspecified atom stereocenters. The zero-order valence-electron chi connectivity index (χ0n) is 8.56. The van der Waals surface area contributed by atoms with Crippen molar-refractivity contribution in [2.75, 3.05) is 39.3 Å². The van der Waals surface area contributed by atoms with Crippen molar-refractivity contribution in [2.45, 2.75) is 19.3 Å². The molecule has 0 saturated carbocycles. The van der Waals surface area contributed by atoms with Gasteiger partial charge < -0.3 is 0 Å². The van der Waals surface area contributed by atoms with Crippen LogP contribution in [0.4, 0.5) is 0 Å². The van der Waals surface area contributed by atoms with Gasteiger partial charge >= 0.3 is 93.6 Å². The van der Waals surface area contributed by atoms with Crippen LogP contribution in [-0.2, 0) is 0 Å². The van der Waals surface area contributed by atoms with E-state index in [0.717, 1.165) is 0 Å². The van der Waals surface area contributed by atoms with E-state index in [2.05, 4.69) is 29.1 Å². The Balaban J connectivity index is 1.80. The summed E-state index contributed by atoms with van der Waals surface area (Å²) in [6.45, 7) is 7.96. The molecule has 3 nitrogen and oxygen atoms in total. The van der Waals surface area contributed by atoms with Crippen molar-refractivity contribution < 1.29 is 0 Å². The summed E-state index contributed by atoms with van der Waals surface area (Å²) in [5, 5.41) is 0. The first-order chi connectivity index (χ1) is 6.82. The second-order valence-electron chi connectivity index (χ2n) is 4.43. The van der Waals surface area contributed by atoms with Crippen molar-refractivity contribution in [2.24, 2.45) is 0 Å². The van der Waals surface area contributed by atoms with Crippen molar-refractivity contribution >= 4 is 21.1 Å². The van der Waals surface area contributed by atoms with E-state index in [1.165, 1.54) is 58.5 Å². The predicted molar refractivity (Wildman–Crippen MR) is 61.2 cm³/mol. The SMILES string of the molecule is [Se]=P(N1CCC1)(N1CCC1)N1CCC1. The van der Waals surface area contributed by atoms with Gasteiger partial charge in [-0.25, -0.2) is 0 Å². The molecule has 5 heteroatoms. The normalized spacial score (nSPS) is 30.6. The van der Waals surface area contributed by atoms with Gasteiger partial charge in [0.2, 0.25) is 0 Å². The number of nitrogens with zero attached hydrogens (tertiary/aromatic N) is 3. The van der Waals surface area contributed by atoms with E-state index in [1.54, 1.807) is 0 Å². The van der Waals surface area contributed by atoms with Gasteiger partial charge in [-0.15, -0.1) is 0 Å². The minimum absolute atomic E-state index is 1.11. The van der Waals surface area contributed by atoms with Gasteiger partial charge in [-0.3, -0.25) is 0 Å². The van der Waals surface area contributed by atoms with E-state index in [1.807, 2.05) is 0 Å². The van der Waals surface area contributed by atoms with Gasteiger partial charge in [0.15, 0.2) is 0 Å². The van der Waals surface area contributed by atoms with E-state index in [0.29, 0.717) is 0 Å². The first-order valence-electron chi connectivity index (χ1n) is 5.68. The van der Waals surface area contributed by atoms with Crippen LogP contribution in [0.1, 0.15) is 19.3 Å². The monoisotopic (exact) mass is 279 g/mol. The Morgan fingerprint density at radius 2 is 0.929 bits per heavy atom. The van der Waals surface area contributed by atoms with Gasteiger partial charge in [0.1, 0.15) is 0 Å². The Kier molecular flexibility index (Phi) is 2.64. The maximum atomic E-state index is 3.59. The van der Waals surface area contributed by atoms with E-state index < -0.39 is 5.96 Å². The van der Waals surface area contributed by atoms with E-state index >= 15 is 0 Å². The van der Waals surface area contributed by atoms with Crippen molar-refractivity contribution in [3.8, 4) is 0 Å². The summed E-state index contributed by atoms with van der Waals surface area (Å²) in [4.78, 5) is 0. The van der Waals surface area contributed by atoms with Crippen molar-refractivity contribution in [3.05, 3.63) is 0 Å². The molecule has 0 radical (unpaired) electrons. The quantitative estimate of drug-likeness (QED) is 0.562. The molecule has 0 aromatic heterocycles. The standard InChI is InChI=1S/C9H18N3PSe/c14-13(10-4-1-5-10,11-6-2-7-11)12-8-3-9-12/h1-9H2. The summed E-state index contributed by atoms with van der Waals surface area (Å²) >= 11 is 3.59. The summed E-state index contributed by atoms with van der Waals surface area (Å²) in [5.74, 6) is -1.11. The summed E-state index contributed by atoms with van der Waals surface area (Å²) in [6.07, 6.45) is 4.22. The van der Waals surface area contributed by atoms with Crippen LogP contribution in [0, 0.1) is 0 Å². The van der Waals surface area contributed by atoms with Crippen LogP contribution in [0.25, 0.3) is 0 Å². The molecule has 0 bridgehead atoms. The van der Waals surface area contributed by atoms with Gasteiger partial charge in [-0.2, -0.15) is 0 Å². The first-order valence-corrected chi connectivity index (χ1v) is 9.54. The third-order valence-electron chi connectivity index (χ3n) is 3.60. The topological polar surface area (TPSA) is 9.72 Å². The molecule has 80 valence electrons. The second-order valence-corrected chi connectivity index (χ2v) is 10.2. The fourth-order valence-electron chi connectivity index (χ4n) is 2.22. The van der Waals surface area contributed by atoms with Gasteiger partial charge in [0, 0.05) is 0 Å². The summed E-state index contributed by atoms with van der Waals surface area (Å²) in [6, 6.07) is 0. The van der Waals surface area contributed by atoms with Crippen LogP contribution in [0.3, 0.4) is 0 Å². The van der Waals surface area contributed by atoms with E-state index in [4.69, 9.17) is 0 Å². The Hall–Kier alpha value is 0.829. The fraction of sp³-hybridized carbons (Fsp3) is 1.00. The van der Waals surface area contributed by atoms with Crippen LogP contribution < -0.4 is 0 Å². The molecule has 3 heterocycles. The van der Waals surface area contributed by atoms with Crippen LogP contribution >= 0.6 is 5.96 Å².